The SMILES string of the molecule is CC(=O)N[C@@H](CC(C)C)C(=O)C(=O)[C@@H](NN[C@@H](Cc1ccccc1)C(=O)N[C@]1(C)CCCCCCC=CCCC[C@@](C)(C(=O)CN[C@@H](C)C(=O)CCN[C@@H](C)C(=O)CCC(=O)[C@H](C)NCCC(=O)[C@H](C)NCCC(=O)[C@H](C)NCN(C)CC(N)=O)NC(=O)[C@H](CC(C)C)NN[C@@H](CCC(N)=O)C(=O)CC(=O)[C@H](C)NCC(=O)[C@H](Cc2c[nH]c3ccccc23)NC(=O)[C@H](Cc2ccc(O)cc2)NN[C@@H](CCC(=O)O)C(=O)C1=O)[C@@H](C)O. The number of fused-ring (bicyclic) bond motifs is 1. The second kappa shape index (κ2) is 66.1. The predicted molar refractivity (Wildman–Crippen MR) is 564 cm³/mol. The van der Waals surface area contributed by atoms with Gasteiger partial charge < -0.3 is 79.6 Å². The number of primary amides is 2. The summed E-state index contributed by atoms with van der Waals surface area (Å²) in [5.41, 5.74) is 26.2. The number of hydrazine groups is 3. The molecule has 4 aromatic rings. The number of aliphatic hydroxyl groups is 1. The number of nitrogens with zero attached hydrogens (tertiary/aromatic N) is 1. The van der Waals surface area contributed by atoms with Crippen LogP contribution in [0.4, 0.5) is 0 Å². The van der Waals surface area contributed by atoms with Crippen LogP contribution in [0.25, 0.3) is 10.9 Å². The average Bonchev–Trinajstić information content (AvgIpc) is 1.64. The Kier molecular flexibility index (Phi) is 56.7. The van der Waals surface area contributed by atoms with E-state index in [1.807, 2.05) is 26.0 Å². The minimum atomic E-state index is -2.16. The number of aliphatic hydroxyl groups excluding tert-OH is 1. The quantitative estimate of drug-likeness (QED) is 0.00985. The molecule has 1 aromatic heterocycles. The first-order valence-electron chi connectivity index (χ1n) is 52.1. The second-order valence-corrected chi connectivity index (χ2v) is 40.7. The number of Topliss-reactive ketones (excluding diaryl/α,β-unsaturated/α-hetero) is 13. The van der Waals surface area contributed by atoms with Crippen LogP contribution in [-0.4, -0.2) is 297 Å². The van der Waals surface area contributed by atoms with Crippen molar-refractivity contribution in [3.05, 3.63) is 114 Å². The molecule has 3 aromatic carbocycles. The zero-order valence-corrected chi connectivity index (χ0v) is 89.6. The number of phenols is 1. The number of rotatable bonds is 55. The molecule has 0 fully saturated rings. The first kappa shape index (κ1) is 129. The number of H-pyrrole nitrogens is 1. The number of hydrogen-bond donors (Lipinski definition) is 22. The maximum atomic E-state index is 15.7. The van der Waals surface area contributed by atoms with Crippen LogP contribution in [0.2, 0.25) is 0 Å². The van der Waals surface area contributed by atoms with Crippen LogP contribution in [0.15, 0.2) is 97.2 Å². The lowest BCUT2D eigenvalue weighted by Crippen LogP contribution is -2.65. The summed E-state index contributed by atoms with van der Waals surface area (Å²) in [4.78, 5) is 283. The molecule has 43 nitrogen and oxygen atoms in total. The molecule has 0 bridgehead atoms. The Balaban J connectivity index is 1.45. The highest BCUT2D eigenvalue weighted by Gasteiger charge is 2.45. The number of carboxylic acids is 1. The van der Waals surface area contributed by atoms with Gasteiger partial charge in [0.1, 0.15) is 47.0 Å². The topological polar surface area (TPSA) is 666 Å². The van der Waals surface area contributed by atoms with Gasteiger partial charge in [0.05, 0.1) is 98.1 Å². The first-order chi connectivity index (χ1) is 70.8. The van der Waals surface area contributed by atoms with Crippen molar-refractivity contribution in [2.24, 2.45) is 23.3 Å². The summed E-state index contributed by atoms with van der Waals surface area (Å²) in [6.07, 6.45) is 3.23. The molecule has 0 unspecified atom stereocenters. The monoisotopic (exact) mass is 2100 g/mol. The predicted octanol–water partition coefficient (Wildman–Crippen LogP) is 1.80. The fourth-order valence-corrected chi connectivity index (χ4v) is 17.0. The van der Waals surface area contributed by atoms with Crippen molar-refractivity contribution in [3.63, 3.8) is 0 Å². The number of carbonyl (C=O) groups excluding carboxylic acids is 19. The number of carbonyl (C=O) groups is 20. The van der Waals surface area contributed by atoms with Crippen molar-refractivity contribution in [1.82, 2.24) is 95.6 Å². The van der Waals surface area contributed by atoms with E-state index < -0.39 is 222 Å². The molecule has 17 atom stereocenters. The minimum Gasteiger partial charge on any atom is -0.508 e. The highest BCUT2D eigenvalue weighted by Crippen LogP contribution is 2.26. The van der Waals surface area contributed by atoms with E-state index in [0.29, 0.717) is 66.1 Å². The summed E-state index contributed by atoms with van der Waals surface area (Å²) >= 11 is 0. The normalized spacial score (nSPS) is 21.3. The fourth-order valence-electron chi connectivity index (χ4n) is 17.0. The fraction of sp³-hybridized carbons (Fsp3) is 0.607. The van der Waals surface area contributed by atoms with Gasteiger partial charge in [0.25, 0.3) is 0 Å². The second-order valence-electron chi connectivity index (χ2n) is 40.7. The Morgan fingerprint density at radius 2 is 1.08 bits per heavy atom. The van der Waals surface area contributed by atoms with Gasteiger partial charge in [-0.1, -0.05) is 120 Å². The molecule has 43 heteroatoms. The zero-order chi connectivity index (χ0) is 112. The number of phenolic OH excluding ortho intramolecular Hbond substituents is 1. The Morgan fingerprint density at radius 1 is 0.533 bits per heavy atom. The Hall–Kier alpha value is -11.8. The average molecular weight is 2100 g/mol. The number of allylic oxidation sites excluding steroid dienone is 2. The first-order valence-corrected chi connectivity index (χ1v) is 52.1. The number of aromatic amines is 1. The van der Waals surface area contributed by atoms with E-state index in [1.54, 1.807) is 128 Å². The van der Waals surface area contributed by atoms with Gasteiger partial charge in [-0.05, 0) is 193 Å². The van der Waals surface area contributed by atoms with E-state index in [1.165, 1.54) is 52.0 Å². The highest BCUT2D eigenvalue weighted by molar-refractivity contribution is 6.43. The van der Waals surface area contributed by atoms with Crippen molar-refractivity contribution < 1.29 is 111 Å². The molecule has 6 amide bonds. The van der Waals surface area contributed by atoms with E-state index in [2.05, 4.69) is 90.7 Å². The van der Waals surface area contributed by atoms with Crippen molar-refractivity contribution in [3.8, 4) is 5.75 Å². The van der Waals surface area contributed by atoms with Crippen LogP contribution < -0.4 is 97.2 Å². The third-order valence-corrected chi connectivity index (χ3v) is 26.6. The molecule has 830 valence electrons. The maximum absolute atomic E-state index is 15.7. The van der Waals surface area contributed by atoms with Gasteiger partial charge in [-0.3, -0.25) is 106 Å². The van der Waals surface area contributed by atoms with Gasteiger partial charge in [0, 0.05) is 102 Å². The van der Waals surface area contributed by atoms with Crippen LogP contribution in [-0.2, 0) is 115 Å². The van der Waals surface area contributed by atoms with E-state index in [9.17, 15) is 87.2 Å². The third-order valence-electron chi connectivity index (χ3n) is 26.6. The van der Waals surface area contributed by atoms with Gasteiger partial charge >= 0.3 is 5.97 Å². The summed E-state index contributed by atoms with van der Waals surface area (Å²) in [5, 5.41) is 61.7. The molecule has 2 heterocycles. The number of nitrogens with two attached hydrogens (primary N) is 2. The molecular formula is C107H164N20O23. The molecule has 0 saturated heterocycles. The molecular weight excluding hydrogens is 1930 g/mol. The smallest absolute Gasteiger partial charge is 0.303 e. The lowest BCUT2D eigenvalue weighted by atomic mass is 9.84. The van der Waals surface area contributed by atoms with Crippen LogP contribution in [0, 0.1) is 11.8 Å². The lowest BCUT2D eigenvalue weighted by Gasteiger charge is -2.33. The summed E-state index contributed by atoms with van der Waals surface area (Å²) in [6, 6.07) is 4.79. The number of benzene rings is 3. The molecule has 5 rings (SSSR count). The summed E-state index contributed by atoms with van der Waals surface area (Å²) < 4.78 is 0. The number of amides is 6. The van der Waals surface area contributed by atoms with Gasteiger partial charge in [-0.25, -0.2) is 32.6 Å². The number of likely N-dealkylation sites (N-methyl/N-ethyl adjacent to an activating group) is 1. The van der Waals surface area contributed by atoms with Gasteiger partial charge in [-0.15, -0.1) is 0 Å². The van der Waals surface area contributed by atoms with Crippen LogP contribution in [0.5, 0.6) is 5.75 Å². The molecule has 0 aliphatic carbocycles. The minimum absolute atomic E-state index is 0.0260. The Bertz CT molecular complexity index is 5210. The lowest BCUT2D eigenvalue weighted by molar-refractivity contribution is -0.144. The van der Waals surface area contributed by atoms with Crippen LogP contribution in [0.1, 0.15) is 248 Å². The third kappa shape index (κ3) is 46.6. The largest absolute Gasteiger partial charge is 0.508 e. The summed E-state index contributed by atoms with van der Waals surface area (Å²) in [6.45, 7) is 21.8. The Morgan fingerprint density at radius 3 is 1.65 bits per heavy atom. The highest BCUT2D eigenvalue weighted by atomic mass is 16.4. The molecule has 0 spiro atoms. The Labute approximate surface area is 878 Å². The van der Waals surface area contributed by atoms with Crippen molar-refractivity contribution >= 4 is 127 Å². The molecule has 0 saturated carbocycles. The number of aliphatic carboxylic acids is 1. The van der Waals surface area contributed by atoms with Crippen LogP contribution in [0.3, 0.4) is 0 Å². The standard InChI is InChI=1S/C107H164N20O23/c1-63(2)52-82(117-72(12)129)99(144)101(146)98(71(11)128)126-125-85(54-73-30-24-23-25-31-73)105(150)120-107(14)48-29-22-20-18-16-17-19-21-28-47-106(13,94(139)60-114-68(8)89(134)45-50-111-66(6)87(132)41-40-86(131)65(5)110-49-44-88(133)67(7)112-51-46-90(135)69(9)116-62-127(15)61-96(109)141)119-104(149)83(53-64(3)4)123-121-79(38-42-95(108)140)92(137)57-91(136)70(10)113-59-93(138)81(56-75-58-115-78-33-27-26-32-77(75)78)118-103(148)84(55-74-34-36-76(130)37-35-74)124-122-80(39-43-97(142)143)100(145)102(107)147/h17,19,23-27,30-37,58,63-71,79-85,98,110-116,121-126,128,130H,16,18,20-22,28-29,38-57,59-62H2,1-15H3,(H2,108,140)(H2,109,141)(H,117,129)(H,118,148)(H,119,149)(H,120,150)(H,142,143)/t65-,66-,67-,68-,69-,70-,71+,79-,80-,81-,82-,83-,84-,85-,98-,106-,107+/m0/s1. The summed E-state index contributed by atoms with van der Waals surface area (Å²) in [5.74, 6) is -14.8. The van der Waals surface area contributed by atoms with Crippen molar-refractivity contribution in [2.75, 3.05) is 53.0 Å². The number of ketones is 13. The molecule has 0 radical (unpaired) electrons. The number of hydrogen-bond acceptors (Lipinski definition) is 35. The van der Waals surface area contributed by atoms with Gasteiger partial charge in [-0.2, -0.15) is 0 Å². The molecule has 1 aliphatic heterocycles. The number of nitrogens with one attached hydrogen (secondary N) is 17. The van der Waals surface area contributed by atoms with E-state index in [-0.39, 0.29) is 176 Å². The van der Waals surface area contributed by atoms with Crippen LogP contribution >= 0.6 is 0 Å². The number of carboxylic acid groups (broad SMARTS) is 1. The number of aromatic nitrogens is 1. The summed E-state index contributed by atoms with van der Waals surface area (Å²) in [7, 11) is 1.68. The number of para-hydroxylation sites is 1. The zero-order valence-electron chi connectivity index (χ0n) is 89.6. The molecule has 24 N–H and O–H groups in total. The number of aromatic hydroxyl groups is 1. The maximum Gasteiger partial charge on any atom is 0.303 e. The van der Waals surface area contributed by atoms with Crippen molar-refractivity contribution in [2.45, 2.75) is 353 Å². The van der Waals surface area contributed by atoms with E-state index in [0.717, 1.165) is 0 Å². The molecule has 150 heavy (non-hydrogen) atoms. The van der Waals surface area contributed by atoms with Crippen molar-refractivity contribution in [1.29, 1.82) is 0 Å². The van der Waals surface area contributed by atoms with Gasteiger partial charge in [0.2, 0.25) is 58.6 Å². The van der Waals surface area contributed by atoms with E-state index in [4.69, 9.17) is 11.5 Å². The van der Waals surface area contributed by atoms with E-state index >= 15 is 24.0 Å². The molecule has 1 aliphatic rings. The van der Waals surface area contributed by atoms with Gasteiger partial charge in [0.15, 0.2) is 40.5 Å².